The van der Waals surface area contributed by atoms with Crippen LogP contribution in [0.25, 0.3) is 0 Å². The molecule has 0 aromatic carbocycles. The summed E-state index contributed by atoms with van der Waals surface area (Å²) in [5.41, 5.74) is 0. The minimum absolute atomic E-state index is 0.0230. The molecule has 0 saturated carbocycles. The second-order valence-corrected chi connectivity index (χ2v) is 9.53. The number of piperazine rings is 1. The number of sulfone groups is 1. The first-order chi connectivity index (χ1) is 12.0. The van der Waals surface area contributed by atoms with Crippen LogP contribution in [0, 0.1) is 0 Å². The number of thiazole rings is 1. The fourth-order valence-electron chi connectivity index (χ4n) is 3.44. The average Bonchev–Trinajstić information content (AvgIpc) is 3.20. The van der Waals surface area contributed by atoms with E-state index in [1.54, 1.807) is 23.7 Å². The van der Waals surface area contributed by atoms with E-state index >= 15 is 0 Å². The molecule has 0 spiro atoms. The quantitative estimate of drug-likeness (QED) is 0.801. The highest BCUT2D eigenvalue weighted by Crippen LogP contribution is 2.26. The Labute approximate surface area is 150 Å². The third-order valence-electron chi connectivity index (χ3n) is 4.60. The summed E-state index contributed by atoms with van der Waals surface area (Å²) in [6.45, 7) is 2.14. The van der Waals surface area contributed by atoms with Crippen molar-refractivity contribution in [3.05, 3.63) is 28.8 Å². The Morgan fingerprint density at radius 1 is 1.36 bits per heavy atom. The molecule has 4 rings (SSSR count). The first kappa shape index (κ1) is 16.7. The molecule has 0 amide bonds. The first-order valence-electron chi connectivity index (χ1n) is 8.15. The number of aromatic nitrogens is 3. The van der Waals surface area contributed by atoms with E-state index < -0.39 is 9.84 Å². The van der Waals surface area contributed by atoms with Gasteiger partial charge in [0.1, 0.15) is 10.8 Å². The van der Waals surface area contributed by atoms with Crippen LogP contribution in [0.1, 0.15) is 5.01 Å². The van der Waals surface area contributed by atoms with Gasteiger partial charge >= 0.3 is 0 Å². The van der Waals surface area contributed by atoms with E-state index in [0.717, 1.165) is 23.9 Å². The van der Waals surface area contributed by atoms with Gasteiger partial charge in [0.2, 0.25) is 5.95 Å². The third kappa shape index (κ3) is 3.46. The molecule has 0 bridgehead atoms. The number of nitrogens with one attached hydrogen (secondary N) is 1. The molecule has 4 heterocycles. The summed E-state index contributed by atoms with van der Waals surface area (Å²) < 4.78 is 24.0. The molecule has 0 unspecified atom stereocenters. The lowest BCUT2D eigenvalue weighted by Crippen LogP contribution is -2.57. The molecule has 8 nitrogen and oxygen atoms in total. The van der Waals surface area contributed by atoms with E-state index in [0.29, 0.717) is 12.5 Å². The Kier molecular flexibility index (Phi) is 4.34. The molecule has 1 N–H and O–H groups in total. The smallest absolute Gasteiger partial charge is 0.227 e. The lowest BCUT2D eigenvalue weighted by molar-refractivity contribution is 0.422. The standard InChI is InChI=1S/C15H20N6O2S2/c1-20(8-14-17-5-7-24-14)15-18-3-2-13(19-15)21-6-4-16-11-9-25(22,23)10-12(11)21/h2-3,5,7,11-12,16H,4,6,8-10H2,1H3/t11-,12+/m1/s1. The van der Waals surface area contributed by atoms with Gasteiger partial charge in [-0.05, 0) is 6.07 Å². The Balaban J connectivity index is 1.56. The van der Waals surface area contributed by atoms with Crippen molar-refractivity contribution in [2.24, 2.45) is 0 Å². The van der Waals surface area contributed by atoms with E-state index in [9.17, 15) is 8.42 Å². The highest BCUT2D eigenvalue weighted by molar-refractivity contribution is 7.91. The second-order valence-electron chi connectivity index (χ2n) is 6.40. The SMILES string of the molecule is CN(Cc1nccs1)c1nccc(N2CCN[C@@H]3CS(=O)(=O)C[C@@H]32)n1. The maximum absolute atomic E-state index is 12.0. The van der Waals surface area contributed by atoms with Gasteiger partial charge in [-0.1, -0.05) is 0 Å². The number of hydrogen-bond donors (Lipinski definition) is 1. The van der Waals surface area contributed by atoms with Crippen molar-refractivity contribution < 1.29 is 8.42 Å². The Morgan fingerprint density at radius 2 is 2.24 bits per heavy atom. The molecule has 2 saturated heterocycles. The largest absolute Gasteiger partial charge is 0.350 e. The van der Waals surface area contributed by atoms with E-state index in [1.807, 2.05) is 23.4 Å². The summed E-state index contributed by atoms with van der Waals surface area (Å²) in [6.07, 6.45) is 3.52. The lowest BCUT2D eigenvalue weighted by atomic mass is 10.1. The monoisotopic (exact) mass is 380 g/mol. The minimum Gasteiger partial charge on any atom is -0.350 e. The van der Waals surface area contributed by atoms with Crippen molar-refractivity contribution in [3.8, 4) is 0 Å². The van der Waals surface area contributed by atoms with Crippen LogP contribution >= 0.6 is 11.3 Å². The topological polar surface area (TPSA) is 91.3 Å². The number of fused-ring (bicyclic) bond motifs is 1. The van der Waals surface area contributed by atoms with Crippen LogP contribution in [-0.4, -0.2) is 67.1 Å². The number of hydrogen-bond acceptors (Lipinski definition) is 9. The Morgan fingerprint density at radius 3 is 3.04 bits per heavy atom. The highest BCUT2D eigenvalue weighted by Gasteiger charge is 2.43. The molecule has 10 heteroatoms. The number of nitrogens with zero attached hydrogens (tertiary/aromatic N) is 5. The summed E-state index contributed by atoms with van der Waals surface area (Å²) in [7, 11) is -1.06. The van der Waals surface area contributed by atoms with Crippen LogP contribution < -0.4 is 15.1 Å². The second kappa shape index (κ2) is 6.50. The molecule has 0 radical (unpaired) electrons. The van der Waals surface area contributed by atoms with Crippen LogP contribution in [0.3, 0.4) is 0 Å². The molecule has 2 atom stereocenters. The third-order valence-corrected chi connectivity index (χ3v) is 7.08. The van der Waals surface area contributed by atoms with Crippen molar-refractivity contribution in [3.63, 3.8) is 0 Å². The zero-order valence-electron chi connectivity index (χ0n) is 13.9. The zero-order valence-corrected chi connectivity index (χ0v) is 15.5. The molecule has 2 aliphatic rings. The molecule has 2 aliphatic heterocycles. The molecule has 2 aromatic rings. The first-order valence-corrected chi connectivity index (χ1v) is 10.8. The van der Waals surface area contributed by atoms with Crippen molar-refractivity contribution in [1.82, 2.24) is 20.3 Å². The lowest BCUT2D eigenvalue weighted by Gasteiger charge is -2.38. The van der Waals surface area contributed by atoms with Gasteiger partial charge in [-0.3, -0.25) is 0 Å². The van der Waals surface area contributed by atoms with Crippen LogP contribution in [0.5, 0.6) is 0 Å². The van der Waals surface area contributed by atoms with Crippen molar-refractivity contribution in [2.75, 3.05) is 41.4 Å². The molecule has 0 aliphatic carbocycles. The van der Waals surface area contributed by atoms with Crippen molar-refractivity contribution in [2.45, 2.75) is 18.6 Å². The van der Waals surface area contributed by atoms with E-state index in [1.165, 1.54) is 0 Å². The summed E-state index contributed by atoms with van der Waals surface area (Å²) in [5, 5.41) is 6.27. The Hall–Kier alpha value is -1.78. The zero-order chi connectivity index (χ0) is 17.4. The normalized spacial score (nSPS) is 24.9. The predicted octanol–water partition coefficient (Wildman–Crippen LogP) is 0.145. The highest BCUT2D eigenvalue weighted by atomic mass is 32.2. The van der Waals surface area contributed by atoms with E-state index in [-0.39, 0.29) is 23.6 Å². The molecule has 25 heavy (non-hydrogen) atoms. The molecular weight excluding hydrogens is 360 g/mol. The van der Waals surface area contributed by atoms with Gasteiger partial charge in [-0.15, -0.1) is 11.3 Å². The van der Waals surface area contributed by atoms with Gasteiger partial charge in [0, 0.05) is 44.0 Å². The van der Waals surface area contributed by atoms with Gasteiger partial charge in [-0.25, -0.2) is 18.4 Å². The molecular formula is C15H20N6O2S2. The van der Waals surface area contributed by atoms with Crippen molar-refractivity contribution in [1.29, 1.82) is 0 Å². The fraction of sp³-hybridized carbons (Fsp3) is 0.533. The predicted molar refractivity (Wildman–Crippen MR) is 97.8 cm³/mol. The number of anilines is 2. The maximum Gasteiger partial charge on any atom is 0.227 e. The van der Waals surface area contributed by atoms with Crippen molar-refractivity contribution >= 4 is 32.9 Å². The average molecular weight is 380 g/mol. The number of rotatable bonds is 4. The van der Waals surface area contributed by atoms with E-state index in [2.05, 4.69) is 25.2 Å². The van der Waals surface area contributed by atoms with Gasteiger partial charge in [0.05, 0.1) is 24.1 Å². The van der Waals surface area contributed by atoms with Crippen LogP contribution in [0.4, 0.5) is 11.8 Å². The fourth-order valence-corrected chi connectivity index (χ4v) is 6.06. The molecule has 2 aromatic heterocycles. The maximum atomic E-state index is 12.0. The summed E-state index contributed by atoms with van der Waals surface area (Å²) in [5.74, 6) is 1.78. The minimum atomic E-state index is -3.00. The van der Waals surface area contributed by atoms with Gasteiger partial charge in [0.25, 0.3) is 0 Å². The Bertz CT molecular complexity index is 841. The van der Waals surface area contributed by atoms with E-state index in [4.69, 9.17) is 0 Å². The van der Waals surface area contributed by atoms with Crippen LogP contribution in [0.2, 0.25) is 0 Å². The van der Waals surface area contributed by atoms with Gasteiger partial charge in [-0.2, -0.15) is 4.98 Å². The van der Waals surface area contributed by atoms with Gasteiger partial charge in [0.15, 0.2) is 9.84 Å². The van der Waals surface area contributed by atoms with Crippen LogP contribution in [0.15, 0.2) is 23.8 Å². The molecule has 134 valence electrons. The summed E-state index contributed by atoms with van der Waals surface area (Å²) >= 11 is 1.60. The molecule has 2 fully saturated rings. The summed E-state index contributed by atoms with van der Waals surface area (Å²) in [4.78, 5) is 17.4. The summed E-state index contributed by atoms with van der Waals surface area (Å²) in [6, 6.07) is 1.77. The van der Waals surface area contributed by atoms with Crippen LogP contribution in [-0.2, 0) is 16.4 Å². The van der Waals surface area contributed by atoms with Gasteiger partial charge < -0.3 is 15.1 Å².